The molecule has 2 heterocycles. The zero-order valence-electron chi connectivity index (χ0n) is 16.1. The third-order valence-corrected chi connectivity index (χ3v) is 5.96. The van der Waals surface area contributed by atoms with Crippen molar-refractivity contribution in [2.45, 2.75) is 83.7 Å². The molecule has 2 fully saturated rings. The standard InChI is InChI=1S/C21H31N5/c1-15(2)26-20(13-16-7-6-8-16)18(14-23-26)19-11-12-22-21(25-19)24-17-9-4-3-5-10-17/h11-12,14-17H,3-10,13H2,1-2H3,(H,22,24,25). The minimum Gasteiger partial charge on any atom is -0.351 e. The number of hydrogen-bond donors (Lipinski definition) is 1. The highest BCUT2D eigenvalue weighted by Crippen LogP contribution is 2.34. The molecule has 0 aliphatic heterocycles. The van der Waals surface area contributed by atoms with Gasteiger partial charge in [-0.15, -0.1) is 0 Å². The molecular weight excluding hydrogens is 322 g/mol. The van der Waals surface area contributed by atoms with Gasteiger partial charge in [0.2, 0.25) is 5.95 Å². The number of nitrogens with one attached hydrogen (secondary N) is 1. The summed E-state index contributed by atoms with van der Waals surface area (Å²) in [5, 5.41) is 8.24. The smallest absolute Gasteiger partial charge is 0.223 e. The van der Waals surface area contributed by atoms with Crippen molar-refractivity contribution in [3.8, 4) is 11.3 Å². The highest BCUT2D eigenvalue weighted by Gasteiger charge is 2.24. The van der Waals surface area contributed by atoms with Crippen molar-refractivity contribution >= 4 is 5.95 Å². The van der Waals surface area contributed by atoms with Gasteiger partial charge in [0, 0.05) is 29.5 Å². The zero-order valence-corrected chi connectivity index (χ0v) is 16.1. The van der Waals surface area contributed by atoms with Gasteiger partial charge in [0.15, 0.2) is 0 Å². The van der Waals surface area contributed by atoms with Crippen LogP contribution in [0.25, 0.3) is 11.3 Å². The summed E-state index contributed by atoms with van der Waals surface area (Å²) >= 11 is 0. The molecule has 0 spiro atoms. The third kappa shape index (κ3) is 3.76. The van der Waals surface area contributed by atoms with Crippen molar-refractivity contribution in [2.75, 3.05) is 5.32 Å². The van der Waals surface area contributed by atoms with Gasteiger partial charge in [-0.05, 0) is 45.1 Å². The minimum atomic E-state index is 0.375. The molecule has 2 aromatic heterocycles. The van der Waals surface area contributed by atoms with Gasteiger partial charge in [0.25, 0.3) is 0 Å². The van der Waals surface area contributed by atoms with Crippen molar-refractivity contribution in [1.82, 2.24) is 19.7 Å². The van der Waals surface area contributed by atoms with Gasteiger partial charge in [0.05, 0.1) is 11.9 Å². The number of aromatic nitrogens is 4. The van der Waals surface area contributed by atoms with E-state index in [1.807, 2.05) is 18.5 Å². The first-order chi connectivity index (χ1) is 12.7. The molecular formula is C21H31N5. The number of anilines is 1. The molecule has 0 atom stereocenters. The molecule has 4 rings (SSSR count). The van der Waals surface area contributed by atoms with Crippen LogP contribution in [0.4, 0.5) is 5.95 Å². The molecule has 0 radical (unpaired) electrons. The minimum absolute atomic E-state index is 0.375. The first kappa shape index (κ1) is 17.5. The molecule has 140 valence electrons. The molecule has 5 nitrogen and oxygen atoms in total. The molecule has 0 unspecified atom stereocenters. The van der Waals surface area contributed by atoms with Crippen molar-refractivity contribution in [3.05, 3.63) is 24.2 Å². The molecule has 2 aromatic rings. The number of nitrogens with zero attached hydrogens (tertiary/aromatic N) is 4. The monoisotopic (exact) mass is 353 g/mol. The van der Waals surface area contributed by atoms with Crippen LogP contribution in [0.2, 0.25) is 0 Å². The van der Waals surface area contributed by atoms with Crippen molar-refractivity contribution in [2.24, 2.45) is 5.92 Å². The summed E-state index contributed by atoms with van der Waals surface area (Å²) in [4.78, 5) is 9.32. The second-order valence-corrected chi connectivity index (χ2v) is 8.29. The van der Waals surface area contributed by atoms with Crippen LogP contribution in [0.15, 0.2) is 18.5 Å². The van der Waals surface area contributed by atoms with Crippen LogP contribution in [0, 0.1) is 5.92 Å². The van der Waals surface area contributed by atoms with E-state index in [1.54, 1.807) is 0 Å². The Hall–Kier alpha value is -1.91. The van der Waals surface area contributed by atoms with E-state index in [9.17, 15) is 0 Å². The van der Waals surface area contributed by atoms with Crippen molar-refractivity contribution < 1.29 is 0 Å². The molecule has 0 saturated heterocycles. The Morgan fingerprint density at radius 3 is 2.62 bits per heavy atom. The van der Waals surface area contributed by atoms with Crippen LogP contribution in [0.1, 0.15) is 76.9 Å². The van der Waals surface area contributed by atoms with Gasteiger partial charge in [0.1, 0.15) is 0 Å². The predicted octanol–water partition coefficient (Wildman–Crippen LogP) is 5.01. The lowest BCUT2D eigenvalue weighted by atomic mass is 9.81. The van der Waals surface area contributed by atoms with Crippen LogP contribution >= 0.6 is 0 Å². The SMILES string of the molecule is CC(C)n1ncc(-c2ccnc(NC3CCCCC3)n2)c1CC1CCC1. The van der Waals surface area contributed by atoms with Crippen LogP contribution in [0.3, 0.4) is 0 Å². The van der Waals surface area contributed by atoms with Crippen molar-refractivity contribution in [3.63, 3.8) is 0 Å². The first-order valence-corrected chi connectivity index (χ1v) is 10.4. The van der Waals surface area contributed by atoms with Gasteiger partial charge in [-0.1, -0.05) is 38.5 Å². The topological polar surface area (TPSA) is 55.6 Å². The molecule has 1 N–H and O–H groups in total. The molecule has 0 aromatic carbocycles. The van der Waals surface area contributed by atoms with E-state index in [-0.39, 0.29) is 0 Å². The number of hydrogen-bond acceptors (Lipinski definition) is 4. The van der Waals surface area contributed by atoms with E-state index in [1.165, 1.54) is 62.6 Å². The van der Waals surface area contributed by atoms with Crippen LogP contribution in [-0.2, 0) is 6.42 Å². The summed E-state index contributed by atoms with van der Waals surface area (Å²) in [7, 11) is 0. The molecule has 5 heteroatoms. The first-order valence-electron chi connectivity index (χ1n) is 10.4. The molecule has 2 aliphatic carbocycles. The zero-order chi connectivity index (χ0) is 17.9. The largest absolute Gasteiger partial charge is 0.351 e. The van der Waals surface area contributed by atoms with Gasteiger partial charge < -0.3 is 5.32 Å². The summed E-state index contributed by atoms with van der Waals surface area (Å²) in [6.07, 6.45) is 15.5. The lowest BCUT2D eigenvalue weighted by Crippen LogP contribution is -2.23. The van der Waals surface area contributed by atoms with Crippen molar-refractivity contribution in [1.29, 1.82) is 0 Å². The Morgan fingerprint density at radius 1 is 1.12 bits per heavy atom. The van der Waals surface area contributed by atoms with E-state index in [2.05, 4.69) is 33.9 Å². The predicted molar refractivity (Wildman–Crippen MR) is 105 cm³/mol. The Morgan fingerprint density at radius 2 is 1.92 bits per heavy atom. The van der Waals surface area contributed by atoms with Gasteiger partial charge >= 0.3 is 0 Å². The second-order valence-electron chi connectivity index (χ2n) is 8.29. The summed E-state index contributed by atoms with van der Waals surface area (Å²) in [5.74, 6) is 1.57. The molecule has 2 aliphatic rings. The van der Waals surface area contributed by atoms with E-state index < -0.39 is 0 Å². The lowest BCUT2D eigenvalue weighted by Gasteiger charge is -2.26. The Bertz CT molecular complexity index is 726. The van der Waals surface area contributed by atoms with E-state index >= 15 is 0 Å². The fraction of sp³-hybridized carbons (Fsp3) is 0.667. The molecule has 0 amide bonds. The van der Waals surface area contributed by atoms with Crippen LogP contribution < -0.4 is 5.32 Å². The molecule has 26 heavy (non-hydrogen) atoms. The highest BCUT2D eigenvalue weighted by molar-refractivity contribution is 5.62. The van der Waals surface area contributed by atoms with Gasteiger partial charge in [-0.3, -0.25) is 4.68 Å². The lowest BCUT2D eigenvalue weighted by molar-refractivity contribution is 0.305. The molecule has 2 saturated carbocycles. The molecule has 0 bridgehead atoms. The average molecular weight is 354 g/mol. The third-order valence-electron chi connectivity index (χ3n) is 5.96. The average Bonchev–Trinajstić information content (AvgIpc) is 3.03. The fourth-order valence-electron chi connectivity index (χ4n) is 4.23. The van der Waals surface area contributed by atoms with E-state index in [4.69, 9.17) is 4.98 Å². The second kappa shape index (κ2) is 7.77. The van der Waals surface area contributed by atoms with E-state index in [0.717, 1.165) is 24.0 Å². The maximum Gasteiger partial charge on any atom is 0.223 e. The van der Waals surface area contributed by atoms with Crippen LogP contribution in [0.5, 0.6) is 0 Å². The normalized spacial score (nSPS) is 18.9. The van der Waals surface area contributed by atoms with Gasteiger partial charge in [-0.25, -0.2) is 9.97 Å². The van der Waals surface area contributed by atoms with Gasteiger partial charge in [-0.2, -0.15) is 5.10 Å². The Kier molecular flexibility index (Phi) is 5.23. The Balaban J connectivity index is 1.59. The summed E-state index contributed by atoms with van der Waals surface area (Å²) < 4.78 is 2.18. The Labute approximate surface area is 156 Å². The summed E-state index contributed by atoms with van der Waals surface area (Å²) in [6.45, 7) is 4.41. The number of rotatable bonds is 6. The summed E-state index contributed by atoms with van der Waals surface area (Å²) in [6, 6.07) is 2.92. The fourth-order valence-corrected chi connectivity index (χ4v) is 4.23. The maximum absolute atomic E-state index is 4.85. The van der Waals surface area contributed by atoms with E-state index in [0.29, 0.717) is 12.1 Å². The summed E-state index contributed by atoms with van der Waals surface area (Å²) in [5.41, 5.74) is 3.52. The quantitative estimate of drug-likeness (QED) is 0.793. The maximum atomic E-state index is 4.85. The highest BCUT2D eigenvalue weighted by atomic mass is 15.3. The van der Waals surface area contributed by atoms with Crippen LogP contribution in [-0.4, -0.2) is 25.8 Å².